The van der Waals surface area contributed by atoms with E-state index in [2.05, 4.69) is 5.32 Å². The van der Waals surface area contributed by atoms with Gasteiger partial charge in [-0.25, -0.2) is 9.18 Å². The number of carbonyl (C=O) groups is 2. The molecule has 3 aromatic rings. The Bertz CT molecular complexity index is 1570. The van der Waals surface area contributed by atoms with E-state index in [1.807, 2.05) is 75.1 Å². The molecule has 3 aliphatic rings. The van der Waals surface area contributed by atoms with Crippen LogP contribution in [0.2, 0.25) is 0 Å². The number of piperidine rings is 1. The number of ether oxygens (including phenoxy) is 1. The highest BCUT2D eigenvalue weighted by molar-refractivity contribution is 6.62. The molecule has 3 aromatic carbocycles. The highest BCUT2D eigenvalue weighted by atomic mass is 19.1. The fourth-order valence-electron chi connectivity index (χ4n) is 6.16. The van der Waals surface area contributed by atoms with Crippen molar-refractivity contribution in [3.63, 3.8) is 0 Å². The van der Waals surface area contributed by atoms with E-state index < -0.39 is 30.2 Å². The Hall–Kier alpha value is -3.89. The first-order chi connectivity index (χ1) is 20.4. The Kier molecular flexibility index (Phi) is 7.25. The van der Waals surface area contributed by atoms with Crippen LogP contribution in [-0.2, 0) is 21.3 Å². The van der Waals surface area contributed by atoms with E-state index >= 15 is 0 Å². The van der Waals surface area contributed by atoms with E-state index in [1.54, 1.807) is 6.07 Å². The fraction of sp³-hybridized carbons (Fsp3) is 0.394. The van der Waals surface area contributed by atoms with Gasteiger partial charge in [-0.2, -0.15) is 0 Å². The molecule has 3 aliphatic heterocycles. The molecular weight excluding hydrogens is 550 g/mol. The van der Waals surface area contributed by atoms with Crippen molar-refractivity contribution in [3.05, 3.63) is 83.2 Å². The second kappa shape index (κ2) is 10.7. The number of hydrogen-bond acceptors (Lipinski definition) is 5. The summed E-state index contributed by atoms with van der Waals surface area (Å²) in [4.78, 5) is 26.4. The normalized spacial score (nSPS) is 19.7. The number of rotatable bonds is 5. The number of carboxylic acid groups (broad SMARTS) is 1. The number of amides is 2. The molecule has 0 aliphatic carbocycles. The summed E-state index contributed by atoms with van der Waals surface area (Å²) >= 11 is 0. The van der Waals surface area contributed by atoms with Crippen LogP contribution >= 0.6 is 0 Å². The van der Waals surface area contributed by atoms with Gasteiger partial charge in [-0.3, -0.25) is 4.79 Å². The lowest BCUT2D eigenvalue weighted by molar-refractivity contribution is 0.00578. The summed E-state index contributed by atoms with van der Waals surface area (Å²) in [5.41, 5.74) is 3.16. The average Bonchev–Trinajstić information content (AvgIpc) is 3.43. The maximum Gasteiger partial charge on any atom is 0.494 e. The third-order valence-electron chi connectivity index (χ3n) is 9.46. The van der Waals surface area contributed by atoms with Crippen LogP contribution in [0.5, 0.6) is 5.75 Å². The minimum absolute atomic E-state index is 0.0715. The summed E-state index contributed by atoms with van der Waals surface area (Å²) in [5.74, 6) is 0.348. The fourth-order valence-corrected chi connectivity index (χ4v) is 6.16. The van der Waals surface area contributed by atoms with Crippen LogP contribution in [0.15, 0.2) is 60.7 Å². The smallest absolute Gasteiger partial charge is 0.492 e. The quantitative estimate of drug-likeness (QED) is 0.403. The Labute approximate surface area is 251 Å². The van der Waals surface area contributed by atoms with Gasteiger partial charge in [0.1, 0.15) is 11.6 Å². The molecule has 1 spiro atoms. The Balaban J connectivity index is 1.17. The van der Waals surface area contributed by atoms with Crippen molar-refractivity contribution in [3.8, 4) is 16.9 Å². The standard InChI is InChI=1S/C33H36BFN2O6/c1-31(2)32(3,4)43-34(42-31)25-16-24(17-26(35)18-25)22-6-5-7-23(15-22)29(38)37-12-10-33(11-13-37)20-41-28-9-8-21(14-27(28)33)19-36-30(39)40/h5-9,14-18,36H,10-13,19-20H2,1-4H3,(H,39,40). The zero-order valence-electron chi connectivity index (χ0n) is 24.9. The molecule has 0 saturated carbocycles. The first-order valence-electron chi connectivity index (χ1n) is 14.6. The summed E-state index contributed by atoms with van der Waals surface area (Å²) in [6.07, 6.45) is 0.413. The van der Waals surface area contributed by atoms with E-state index in [1.165, 1.54) is 12.1 Å². The molecule has 0 bridgehead atoms. The molecule has 10 heteroatoms. The highest BCUT2D eigenvalue weighted by Gasteiger charge is 2.52. The lowest BCUT2D eigenvalue weighted by Crippen LogP contribution is -2.46. The zero-order chi connectivity index (χ0) is 30.6. The van der Waals surface area contributed by atoms with Crippen LogP contribution in [-0.4, -0.2) is 60.0 Å². The molecule has 2 saturated heterocycles. The first-order valence-corrected chi connectivity index (χ1v) is 14.6. The minimum atomic E-state index is -1.06. The van der Waals surface area contributed by atoms with Crippen molar-refractivity contribution in [1.29, 1.82) is 0 Å². The van der Waals surface area contributed by atoms with Crippen LogP contribution in [0.25, 0.3) is 11.1 Å². The number of fused-ring (bicyclic) bond motifs is 2. The van der Waals surface area contributed by atoms with Gasteiger partial charge in [0.05, 0.1) is 17.8 Å². The van der Waals surface area contributed by atoms with Gasteiger partial charge in [-0.1, -0.05) is 24.3 Å². The van der Waals surface area contributed by atoms with Gasteiger partial charge >= 0.3 is 13.2 Å². The Morgan fingerprint density at radius 3 is 2.37 bits per heavy atom. The van der Waals surface area contributed by atoms with Gasteiger partial charge in [-0.15, -0.1) is 0 Å². The average molecular weight is 586 g/mol. The zero-order valence-corrected chi connectivity index (χ0v) is 24.9. The number of halogens is 1. The molecule has 2 amide bonds. The van der Waals surface area contributed by atoms with Crippen molar-refractivity contribution in [1.82, 2.24) is 10.2 Å². The van der Waals surface area contributed by atoms with Gasteiger partial charge in [0.25, 0.3) is 5.91 Å². The molecule has 224 valence electrons. The van der Waals surface area contributed by atoms with Crippen LogP contribution < -0.4 is 15.5 Å². The molecule has 0 unspecified atom stereocenters. The molecule has 43 heavy (non-hydrogen) atoms. The van der Waals surface area contributed by atoms with E-state index in [0.717, 1.165) is 35.3 Å². The van der Waals surface area contributed by atoms with Gasteiger partial charge in [0.15, 0.2) is 0 Å². The molecule has 8 nitrogen and oxygen atoms in total. The van der Waals surface area contributed by atoms with Crippen LogP contribution in [0, 0.1) is 5.82 Å². The van der Waals surface area contributed by atoms with Crippen molar-refractivity contribution in [2.75, 3.05) is 19.7 Å². The molecule has 6 rings (SSSR count). The molecule has 2 N–H and O–H groups in total. The van der Waals surface area contributed by atoms with Crippen LogP contribution in [0.1, 0.15) is 62.0 Å². The summed E-state index contributed by atoms with van der Waals surface area (Å²) < 4.78 is 33.1. The van der Waals surface area contributed by atoms with Crippen molar-refractivity contribution < 1.29 is 33.1 Å². The summed E-state index contributed by atoms with van der Waals surface area (Å²) in [6.45, 7) is 9.73. The minimum Gasteiger partial charge on any atom is -0.492 e. The second-order valence-corrected chi connectivity index (χ2v) is 12.8. The molecule has 0 aromatic heterocycles. The SMILES string of the molecule is CC1(C)OB(c2cc(F)cc(-c3cccc(C(=O)N4CCC5(CC4)COc4ccc(CNC(=O)O)cc45)c3)c2)OC1(C)C. The molecule has 0 atom stereocenters. The van der Waals surface area contributed by atoms with Crippen LogP contribution in [0.3, 0.4) is 0 Å². The second-order valence-electron chi connectivity index (χ2n) is 12.8. The Morgan fingerprint density at radius 1 is 0.953 bits per heavy atom. The lowest BCUT2D eigenvalue weighted by atomic mass is 9.74. The van der Waals surface area contributed by atoms with Crippen molar-refractivity contribution >= 4 is 24.6 Å². The van der Waals surface area contributed by atoms with E-state index in [4.69, 9.17) is 19.2 Å². The summed E-state index contributed by atoms with van der Waals surface area (Å²) in [5, 5.41) is 11.4. The van der Waals surface area contributed by atoms with Gasteiger partial charge in [0.2, 0.25) is 0 Å². The largest absolute Gasteiger partial charge is 0.494 e. The third-order valence-corrected chi connectivity index (χ3v) is 9.46. The topological polar surface area (TPSA) is 97.3 Å². The van der Waals surface area contributed by atoms with E-state index in [-0.39, 0.29) is 17.9 Å². The molecule has 0 radical (unpaired) electrons. The summed E-state index contributed by atoms with van der Waals surface area (Å²) in [7, 11) is -0.695. The van der Waals surface area contributed by atoms with E-state index in [0.29, 0.717) is 36.3 Å². The van der Waals surface area contributed by atoms with Crippen LogP contribution in [0.4, 0.5) is 9.18 Å². The lowest BCUT2D eigenvalue weighted by Gasteiger charge is -2.38. The molecule has 3 heterocycles. The van der Waals surface area contributed by atoms with Gasteiger partial charge in [-0.05, 0) is 99.1 Å². The predicted molar refractivity (Wildman–Crippen MR) is 161 cm³/mol. The van der Waals surface area contributed by atoms with Crippen molar-refractivity contribution in [2.45, 2.75) is 63.7 Å². The predicted octanol–water partition coefficient (Wildman–Crippen LogP) is 5.13. The first kappa shape index (κ1) is 29.2. The number of nitrogens with one attached hydrogen (secondary N) is 1. The third kappa shape index (κ3) is 5.50. The monoisotopic (exact) mass is 586 g/mol. The highest BCUT2D eigenvalue weighted by Crippen LogP contribution is 2.46. The summed E-state index contributed by atoms with van der Waals surface area (Å²) in [6, 6.07) is 17.8. The van der Waals surface area contributed by atoms with Gasteiger partial charge in [0, 0.05) is 36.2 Å². The number of likely N-dealkylation sites (tertiary alicyclic amines) is 1. The Morgan fingerprint density at radius 2 is 1.67 bits per heavy atom. The number of nitrogens with zero attached hydrogens (tertiary/aromatic N) is 1. The molecular formula is C33H36BFN2O6. The van der Waals surface area contributed by atoms with Gasteiger partial charge < -0.3 is 29.4 Å². The molecule has 2 fully saturated rings. The van der Waals surface area contributed by atoms with E-state index in [9.17, 15) is 14.0 Å². The maximum atomic E-state index is 14.8. The number of carbonyl (C=O) groups excluding carboxylic acids is 1. The van der Waals surface area contributed by atoms with Crippen molar-refractivity contribution in [2.24, 2.45) is 0 Å². The number of hydrogen-bond donors (Lipinski definition) is 2. The number of benzene rings is 3. The maximum absolute atomic E-state index is 14.8.